The highest BCUT2D eigenvalue weighted by molar-refractivity contribution is 6.32. The van der Waals surface area contributed by atoms with Crippen molar-refractivity contribution in [1.29, 1.82) is 0 Å². The molecule has 0 aliphatic heterocycles. The molecule has 3 rings (SSSR count). The van der Waals surface area contributed by atoms with Crippen molar-refractivity contribution < 1.29 is 14.3 Å². The minimum absolute atomic E-state index is 0.257. The maximum atomic E-state index is 12.6. The molecule has 0 saturated carbocycles. The van der Waals surface area contributed by atoms with Crippen LogP contribution in [-0.4, -0.2) is 31.2 Å². The van der Waals surface area contributed by atoms with E-state index in [4.69, 9.17) is 21.1 Å². The minimum Gasteiger partial charge on any atom is -0.487 e. The number of hydrogen-bond acceptors (Lipinski definition) is 3. The number of aromatic amines is 1. The van der Waals surface area contributed by atoms with Gasteiger partial charge in [-0.2, -0.15) is 0 Å². The first-order valence-electron chi connectivity index (χ1n) is 7.89. The van der Waals surface area contributed by atoms with Crippen LogP contribution in [0.4, 0.5) is 5.69 Å². The molecule has 5 nitrogen and oxygen atoms in total. The zero-order valence-corrected chi connectivity index (χ0v) is 14.8. The largest absolute Gasteiger partial charge is 0.487 e. The highest BCUT2D eigenvalue weighted by Gasteiger charge is 2.14. The molecule has 2 N–H and O–H groups in total. The van der Waals surface area contributed by atoms with Gasteiger partial charge in [-0.3, -0.25) is 4.79 Å². The summed E-state index contributed by atoms with van der Waals surface area (Å²) in [6.07, 6.45) is 0. The molecule has 0 aliphatic rings. The van der Waals surface area contributed by atoms with Gasteiger partial charge >= 0.3 is 0 Å². The number of fused-ring (bicyclic) bond motifs is 1. The van der Waals surface area contributed by atoms with Crippen LogP contribution in [0.1, 0.15) is 16.1 Å². The summed E-state index contributed by atoms with van der Waals surface area (Å²) in [7, 11) is 1.59. The number of anilines is 1. The molecule has 0 aliphatic carbocycles. The molecule has 6 heteroatoms. The highest BCUT2D eigenvalue weighted by Crippen LogP contribution is 2.33. The Bertz CT molecular complexity index is 905. The molecule has 0 unspecified atom stereocenters. The van der Waals surface area contributed by atoms with Crippen LogP contribution in [0.5, 0.6) is 5.75 Å². The number of carbonyl (C=O) groups is 1. The Balaban J connectivity index is 1.83. The Kier molecular flexibility index (Phi) is 5.26. The Hall–Kier alpha value is -2.50. The second kappa shape index (κ2) is 7.59. The first-order chi connectivity index (χ1) is 12.1. The molecule has 25 heavy (non-hydrogen) atoms. The lowest BCUT2D eigenvalue weighted by atomic mass is 10.2. The van der Waals surface area contributed by atoms with E-state index in [-0.39, 0.29) is 5.91 Å². The minimum atomic E-state index is -0.257. The van der Waals surface area contributed by atoms with E-state index in [0.29, 0.717) is 35.4 Å². The van der Waals surface area contributed by atoms with Gasteiger partial charge in [0.25, 0.3) is 5.91 Å². The molecule has 0 atom stereocenters. The van der Waals surface area contributed by atoms with E-state index < -0.39 is 0 Å². The van der Waals surface area contributed by atoms with E-state index in [9.17, 15) is 4.79 Å². The highest BCUT2D eigenvalue weighted by atomic mass is 35.5. The summed E-state index contributed by atoms with van der Waals surface area (Å²) >= 11 is 6.19. The summed E-state index contributed by atoms with van der Waals surface area (Å²) in [5.41, 5.74) is 3.05. The molecule has 130 valence electrons. The summed E-state index contributed by atoms with van der Waals surface area (Å²) < 4.78 is 10.6. The van der Waals surface area contributed by atoms with Crippen molar-refractivity contribution in [1.82, 2.24) is 4.98 Å². The second-order valence-electron chi connectivity index (χ2n) is 5.69. The average molecular weight is 359 g/mol. The quantitative estimate of drug-likeness (QED) is 0.642. The number of methoxy groups -OCH3 is 1. The summed E-state index contributed by atoms with van der Waals surface area (Å²) in [5.74, 6) is 0.175. The number of carbonyl (C=O) groups excluding carboxylic acids is 1. The van der Waals surface area contributed by atoms with Crippen LogP contribution in [-0.2, 0) is 4.74 Å². The van der Waals surface area contributed by atoms with Crippen LogP contribution in [0.3, 0.4) is 0 Å². The van der Waals surface area contributed by atoms with Gasteiger partial charge in [-0.1, -0.05) is 29.8 Å². The van der Waals surface area contributed by atoms with Gasteiger partial charge in [-0.15, -0.1) is 0 Å². The molecule has 0 fully saturated rings. The fourth-order valence-electron chi connectivity index (χ4n) is 2.53. The molecule has 0 radical (unpaired) electrons. The SMILES string of the molecule is COCCOc1c(Cl)cccc1NC(=O)c1cc2ccc(C)cc2[nH]1. The Morgan fingerprint density at radius 3 is 2.84 bits per heavy atom. The lowest BCUT2D eigenvalue weighted by Gasteiger charge is -2.13. The van der Waals surface area contributed by atoms with Crippen LogP contribution in [0.25, 0.3) is 10.9 Å². The third kappa shape index (κ3) is 3.95. The van der Waals surface area contributed by atoms with E-state index >= 15 is 0 Å². The number of rotatable bonds is 6. The normalized spacial score (nSPS) is 10.8. The van der Waals surface area contributed by atoms with Crippen molar-refractivity contribution in [3.8, 4) is 5.75 Å². The molecule has 0 bridgehead atoms. The summed E-state index contributed by atoms with van der Waals surface area (Å²) in [5, 5.41) is 4.27. The van der Waals surface area contributed by atoms with Crippen molar-refractivity contribution in [2.45, 2.75) is 6.92 Å². The number of nitrogens with one attached hydrogen (secondary N) is 2. The van der Waals surface area contributed by atoms with Crippen LogP contribution < -0.4 is 10.1 Å². The molecule has 1 heterocycles. The molecule has 0 spiro atoms. The number of hydrogen-bond donors (Lipinski definition) is 2. The predicted octanol–water partition coefficient (Wildman–Crippen LogP) is 4.41. The number of amides is 1. The predicted molar refractivity (Wildman–Crippen MR) is 99.8 cm³/mol. The van der Waals surface area contributed by atoms with Gasteiger partial charge in [-0.25, -0.2) is 0 Å². The number of aryl methyl sites for hydroxylation is 1. The summed E-state index contributed by atoms with van der Waals surface area (Å²) in [4.78, 5) is 15.7. The van der Waals surface area contributed by atoms with Gasteiger partial charge in [0.2, 0.25) is 0 Å². The molecule has 1 amide bonds. The van der Waals surface area contributed by atoms with Crippen molar-refractivity contribution in [3.63, 3.8) is 0 Å². The van der Waals surface area contributed by atoms with E-state index in [0.717, 1.165) is 16.5 Å². The van der Waals surface area contributed by atoms with Gasteiger partial charge in [-0.05, 0) is 36.8 Å². The van der Waals surface area contributed by atoms with E-state index in [2.05, 4.69) is 10.3 Å². The number of aromatic nitrogens is 1. The molecule has 3 aromatic rings. The standard InChI is InChI=1S/C19H19ClN2O3/c1-12-6-7-13-11-17(21-16(13)10-12)19(23)22-15-5-3-4-14(20)18(15)25-9-8-24-2/h3-7,10-11,21H,8-9H2,1-2H3,(H,22,23). The lowest BCUT2D eigenvalue weighted by molar-refractivity contribution is 0.102. The second-order valence-corrected chi connectivity index (χ2v) is 6.09. The monoisotopic (exact) mass is 358 g/mol. The molecule has 0 saturated heterocycles. The van der Waals surface area contributed by atoms with Crippen molar-refractivity contribution in [2.75, 3.05) is 25.6 Å². The van der Waals surface area contributed by atoms with E-state index in [1.54, 1.807) is 25.3 Å². The van der Waals surface area contributed by atoms with E-state index in [1.165, 1.54) is 0 Å². The topological polar surface area (TPSA) is 63.4 Å². The Morgan fingerprint density at radius 2 is 2.04 bits per heavy atom. The van der Waals surface area contributed by atoms with Gasteiger partial charge in [0.05, 0.1) is 17.3 Å². The first kappa shape index (κ1) is 17.3. The summed E-state index contributed by atoms with van der Waals surface area (Å²) in [6, 6.07) is 13.0. The van der Waals surface area contributed by atoms with Gasteiger partial charge < -0.3 is 19.8 Å². The summed E-state index contributed by atoms with van der Waals surface area (Å²) in [6.45, 7) is 2.78. The maximum absolute atomic E-state index is 12.6. The smallest absolute Gasteiger partial charge is 0.272 e. The molecule has 1 aromatic heterocycles. The van der Waals surface area contributed by atoms with Crippen LogP contribution in [0, 0.1) is 6.92 Å². The van der Waals surface area contributed by atoms with Crippen LogP contribution >= 0.6 is 11.6 Å². The third-order valence-corrected chi connectivity index (χ3v) is 4.07. The maximum Gasteiger partial charge on any atom is 0.272 e. The zero-order valence-electron chi connectivity index (χ0n) is 14.1. The first-order valence-corrected chi connectivity index (χ1v) is 8.27. The molecule has 2 aromatic carbocycles. The van der Waals surface area contributed by atoms with Crippen molar-refractivity contribution >= 4 is 34.1 Å². The fourth-order valence-corrected chi connectivity index (χ4v) is 2.76. The fraction of sp³-hybridized carbons (Fsp3) is 0.211. The number of benzene rings is 2. The van der Waals surface area contributed by atoms with Crippen molar-refractivity contribution in [2.24, 2.45) is 0 Å². The van der Waals surface area contributed by atoms with Crippen LogP contribution in [0.15, 0.2) is 42.5 Å². The van der Waals surface area contributed by atoms with Gasteiger partial charge in [0.15, 0.2) is 5.75 Å². The molecular weight excluding hydrogens is 340 g/mol. The number of H-pyrrole nitrogens is 1. The van der Waals surface area contributed by atoms with Gasteiger partial charge in [0, 0.05) is 18.0 Å². The number of halogens is 1. The third-order valence-electron chi connectivity index (χ3n) is 3.77. The lowest BCUT2D eigenvalue weighted by Crippen LogP contribution is -2.14. The van der Waals surface area contributed by atoms with Crippen LogP contribution in [0.2, 0.25) is 5.02 Å². The van der Waals surface area contributed by atoms with E-state index in [1.807, 2.05) is 31.2 Å². The van der Waals surface area contributed by atoms with Gasteiger partial charge in [0.1, 0.15) is 12.3 Å². The Labute approximate surface area is 150 Å². The number of ether oxygens (including phenoxy) is 2. The number of para-hydroxylation sites is 1. The Morgan fingerprint density at radius 1 is 1.20 bits per heavy atom. The molecular formula is C19H19ClN2O3. The zero-order chi connectivity index (χ0) is 17.8. The van der Waals surface area contributed by atoms with Crippen molar-refractivity contribution in [3.05, 3.63) is 58.7 Å². The average Bonchev–Trinajstić information content (AvgIpc) is 3.00.